The second kappa shape index (κ2) is 5.85. The lowest BCUT2D eigenvalue weighted by molar-refractivity contribution is -0.122. The number of carbonyl (C=O) groups excluding carboxylic acids is 1. The van der Waals surface area contributed by atoms with Crippen LogP contribution in [0.25, 0.3) is 11.3 Å². The molecule has 1 fully saturated rings. The molecular formula is C16H18N2O2S. The van der Waals surface area contributed by atoms with Crippen LogP contribution in [0.4, 0.5) is 5.13 Å². The molecule has 4 nitrogen and oxygen atoms in total. The predicted molar refractivity (Wildman–Crippen MR) is 84.8 cm³/mol. The quantitative estimate of drug-likeness (QED) is 0.933. The number of rotatable bonds is 4. The number of methoxy groups -OCH3 is 1. The Hall–Kier alpha value is -1.88. The maximum Gasteiger partial charge on any atom is 0.229 e. The maximum atomic E-state index is 12.0. The number of carbonyl (C=O) groups is 1. The van der Waals surface area contributed by atoms with Gasteiger partial charge in [-0.15, -0.1) is 11.3 Å². The molecule has 1 aliphatic carbocycles. The van der Waals surface area contributed by atoms with Crippen molar-refractivity contribution in [2.75, 3.05) is 12.4 Å². The molecule has 1 N–H and O–H groups in total. The van der Waals surface area contributed by atoms with Gasteiger partial charge in [0.25, 0.3) is 0 Å². The molecule has 21 heavy (non-hydrogen) atoms. The third-order valence-corrected chi connectivity index (χ3v) is 4.75. The Labute approximate surface area is 128 Å². The van der Waals surface area contributed by atoms with Crippen LogP contribution in [0.2, 0.25) is 0 Å². The van der Waals surface area contributed by atoms with Crippen molar-refractivity contribution in [3.63, 3.8) is 0 Å². The van der Waals surface area contributed by atoms with Crippen LogP contribution in [0, 0.1) is 12.8 Å². The predicted octanol–water partition coefficient (Wildman–Crippen LogP) is 3.87. The van der Waals surface area contributed by atoms with Crippen molar-refractivity contribution in [1.82, 2.24) is 4.98 Å². The minimum Gasteiger partial charge on any atom is -0.497 e. The van der Waals surface area contributed by atoms with E-state index in [1.54, 1.807) is 7.11 Å². The fourth-order valence-electron chi connectivity index (χ4n) is 2.34. The van der Waals surface area contributed by atoms with Crippen molar-refractivity contribution in [3.05, 3.63) is 29.1 Å². The van der Waals surface area contributed by atoms with Gasteiger partial charge < -0.3 is 10.1 Å². The number of hydrogen-bond donors (Lipinski definition) is 1. The van der Waals surface area contributed by atoms with E-state index >= 15 is 0 Å². The van der Waals surface area contributed by atoms with Gasteiger partial charge in [-0.1, -0.05) is 6.42 Å². The number of thiazole rings is 1. The van der Waals surface area contributed by atoms with Gasteiger partial charge in [0, 0.05) is 16.4 Å². The molecule has 1 aliphatic rings. The third kappa shape index (κ3) is 2.93. The summed E-state index contributed by atoms with van der Waals surface area (Å²) >= 11 is 1.53. The van der Waals surface area contributed by atoms with Gasteiger partial charge in [-0.25, -0.2) is 4.98 Å². The molecule has 1 heterocycles. The van der Waals surface area contributed by atoms with Crippen LogP contribution in [0.1, 0.15) is 24.1 Å². The first-order valence-electron chi connectivity index (χ1n) is 7.10. The number of amides is 1. The first-order chi connectivity index (χ1) is 10.2. The van der Waals surface area contributed by atoms with Crippen LogP contribution in [-0.4, -0.2) is 18.0 Å². The first kappa shape index (κ1) is 14.1. The number of anilines is 1. The molecule has 5 heteroatoms. The summed E-state index contributed by atoms with van der Waals surface area (Å²) in [5, 5.41) is 3.63. The number of nitrogens with zero attached hydrogens (tertiary/aromatic N) is 1. The van der Waals surface area contributed by atoms with Crippen LogP contribution in [0.15, 0.2) is 24.3 Å². The van der Waals surface area contributed by atoms with E-state index < -0.39 is 0 Å². The summed E-state index contributed by atoms with van der Waals surface area (Å²) in [7, 11) is 1.65. The summed E-state index contributed by atoms with van der Waals surface area (Å²) in [4.78, 5) is 17.6. The third-order valence-electron chi connectivity index (χ3n) is 3.87. The molecular weight excluding hydrogens is 284 g/mol. The Morgan fingerprint density at radius 2 is 2.05 bits per heavy atom. The lowest BCUT2D eigenvalue weighted by Crippen LogP contribution is -2.27. The number of nitrogens with one attached hydrogen (secondary N) is 1. The molecule has 0 aliphatic heterocycles. The normalized spacial score (nSPS) is 14.6. The van der Waals surface area contributed by atoms with Crippen molar-refractivity contribution < 1.29 is 9.53 Å². The highest BCUT2D eigenvalue weighted by Crippen LogP contribution is 2.33. The summed E-state index contributed by atoms with van der Waals surface area (Å²) in [6.45, 7) is 2.02. The zero-order valence-corrected chi connectivity index (χ0v) is 13.0. The van der Waals surface area contributed by atoms with E-state index in [1.807, 2.05) is 31.2 Å². The van der Waals surface area contributed by atoms with Crippen molar-refractivity contribution in [2.24, 2.45) is 5.92 Å². The molecule has 0 atom stereocenters. The standard InChI is InChI=1S/C16H18N2O2S/c1-10-14(11-6-8-13(20-2)9-7-11)17-16(21-10)18-15(19)12-4-3-5-12/h6-9,12H,3-5H2,1-2H3,(H,17,18,19). The average molecular weight is 302 g/mol. The summed E-state index contributed by atoms with van der Waals surface area (Å²) < 4.78 is 5.16. The molecule has 0 bridgehead atoms. The van der Waals surface area contributed by atoms with E-state index in [2.05, 4.69) is 10.3 Å². The number of hydrogen-bond acceptors (Lipinski definition) is 4. The number of aromatic nitrogens is 1. The number of ether oxygens (including phenoxy) is 1. The molecule has 2 aromatic rings. The van der Waals surface area contributed by atoms with Gasteiger partial charge in [-0.3, -0.25) is 4.79 Å². The van der Waals surface area contributed by atoms with Gasteiger partial charge in [-0.2, -0.15) is 0 Å². The van der Waals surface area contributed by atoms with Crippen LogP contribution >= 0.6 is 11.3 Å². The fraction of sp³-hybridized carbons (Fsp3) is 0.375. The molecule has 1 amide bonds. The van der Waals surface area contributed by atoms with Crippen LogP contribution in [0.3, 0.4) is 0 Å². The summed E-state index contributed by atoms with van der Waals surface area (Å²) in [5.74, 6) is 1.11. The lowest BCUT2D eigenvalue weighted by Gasteiger charge is -2.23. The highest BCUT2D eigenvalue weighted by molar-refractivity contribution is 7.16. The van der Waals surface area contributed by atoms with Crippen molar-refractivity contribution in [1.29, 1.82) is 0 Å². The van der Waals surface area contributed by atoms with Crippen LogP contribution in [0.5, 0.6) is 5.75 Å². The van der Waals surface area contributed by atoms with Crippen LogP contribution < -0.4 is 10.1 Å². The van der Waals surface area contributed by atoms with Gasteiger partial charge in [-0.05, 0) is 44.0 Å². The largest absolute Gasteiger partial charge is 0.497 e. The van der Waals surface area contributed by atoms with E-state index in [4.69, 9.17) is 4.74 Å². The lowest BCUT2D eigenvalue weighted by atomic mass is 9.85. The van der Waals surface area contributed by atoms with Gasteiger partial charge in [0.15, 0.2) is 5.13 Å². The second-order valence-electron chi connectivity index (χ2n) is 5.27. The Bertz CT molecular complexity index is 645. The number of aryl methyl sites for hydroxylation is 1. The minimum absolute atomic E-state index is 0.108. The molecule has 3 rings (SSSR count). The second-order valence-corrected chi connectivity index (χ2v) is 6.47. The number of benzene rings is 1. The first-order valence-corrected chi connectivity index (χ1v) is 7.91. The zero-order chi connectivity index (χ0) is 14.8. The van der Waals surface area contributed by atoms with Gasteiger partial charge >= 0.3 is 0 Å². The maximum absolute atomic E-state index is 12.0. The fourth-order valence-corrected chi connectivity index (χ4v) is 3.18. The van der Waals surface area contributed by atoms with Crippen molar-refractivity contribution in [3.8, 4) is 17.0 Å². The molecule has 110 valence electrons. The Morgan fingerprint density at radius 1 is 1.33 bits per heavy atom. The highest BCUT2D eigenvalue weighted by Gasteiger charge is 2.26. The van der Waals surface area contributed by atoms with E-state index in [9.17, 15) is 4.79 Å². The zero-order valence-electron chi connectivity index (χ0n) is 12.2. The smallest absolute Gasteiger partial charge is 0.229 e. The minimum atomic E-state index is 0.108. The van der Waals surface area contributed by atoms with Gasteiger partial charge in [0.1, 0.15) is 5.75 Å². The van der Waals surface area contributed by atoms with E-state index in [0.29, 0.717) is 5.13 Å². The highest BCUT2D eigenvalue weighted by atomic mass is 32.1. The summed E-state index contributed by atoms with van der Waals surface area (Å²) in [6.07, 6.45) is 3.16. The Kier molecular flexibility index (Phi) is 3.92. The van der Waals surface area contributed by atoms with Crippen LogP contribution in [-0.2, 0) is 4.79 Å². The molecule has 1 aromatic heterocycles. The molecule has 1 saturated carbocycles. The van der Waals surface area contributed by atoms with E-state index in [0.717, 1.165) is 41.1 Å². The Balaban J connectivity index is 1.78. The average Bonchev–Trinajstić information content (AvgIpc) is 2.77. The molecule has 0 saturated heterocycles. The molecule has 1 aromatic carbocycles. The van der Waals surface area contributed by atoms with E-state index in [-0.39, 0.29) is 11.8 Å². The van der Waals surface area contributed by atoms with Gasteiger partial charge in [0.05, 0.1) is 12.8 Å². The SMILES string of the molecule is COc1ccc(-c2nc(NC(=O)C3CCC3)sc2C)cc1. The molecule has 0 spiro atoms. The Morgan fingerprint density at radius 3 is 2.62 bits per heavy atom. The summed E-state index contributed by atoms with van der Waals surface area (Å²) in [6, 6.07) is 7.80. The monoisotopic (exact) mass is 302 g/mol. The van der Waals surface area contributed by atoms with Crippen molar-refractivity contribution in [2.45, 2.75) is 26.2 Å². The molecule has 0 unspecified atom stereocenters. The van der Waals surface area contributed by atoms with E-state index in [1.165, 1.54) is 11.3 Å². The van der Waals surface area contributed by atoms with Gasteiger partial charge in [0.2, 0.25) is 5.91 Å². The molecule has 0 radical (unpaired) electrons. The van der Waals surface area contributed by atoms with Crippen molar-refractivity contribution >= 4 is 22.4 Å². The summed E-state index contributed by atoms with van der Waals surface area (Å²) in [5.41, 5.74) is 1.96. The topological polar surface area (TPSA) is 51.2 Å².